The van der Waals surface area contributed by atoms with Gasteiger partial charge in [-0.15, -0.1) is 0 Å². The summed E-state index contributed by atoms with van der Waals surface area (Å²) in [7, 11) is 4.95. The Morgan fingerprint density at radius 2 is 1.76 bits per heavy atom. The first kappa shape index (κ1) is 20.5. The van der Waals surface area contributed by atoms with Crippen molar-refractivity contribution in [1.29, 1.82) is 0 Å². The molecule has 3 aromatic rings. The summed E-state index contributed by atoms with van der Waals surface area (Å²) in [6, 6.07) is 10.7. The van der Waals surface area contributed by atoms with Gasteiger partial charge >= 0.3 is 0 Å². The summed E-state index contributed by atoms with van der Waals surface area (Å²) in [4.78, 5) is 16.5. The number of amides is 1. The number of H-pyrrole nitrogens is 1. The van der Waals surface area contributed by atoms with Crippen molar-refractivity contribution < 1.29 is 14.3 Å². The van der Waals surface area contributed by atoms with Crippen LogP contribution in [0.2, 0.25) is 5.15 Å². The number of carbonyl (C=O) groups is 1. The van der Waals surface area contributed by atoms with Crippen LogP contribution >= 0.6 is 11.6 Å². The van der Waals surface area contributed by atoms with Crippen LogP contribution in [-0.4, -0.2) is 42.4 Å². The molecule has 0 aliphatic heterocycles. The molecule has 3 rings (SSSR count). The Kier molecular flexibility index (Phi) is 6.56. The van der Waals surface area contributed by atoms with Crippen LogP contribution in [0.4, 0.5) is 11.6 Å². The number of pyridine rings is 1. The molecule has 0 unspecified atom stereocenters. The van der Waals surface area contributed by atoms with E-state index in [2.05, 4.69) is 25.8 Å². The fourth-order valence-electron chi connectivity index (χ4n) is 2.79. The number of aryl methyl sites for hydroxylation is 2. The van der Waals surface area contributed by atoms with Gasteiger partial charge in [-0.25, -0.2) is 4.98 Å². The van der Waals surface area contributed by atoms with Crippen molar-refractivity contribution >= 4 is 29.1 Å². The molecular formula is C20H22ClN5O3. The maximum absolute atomic E-state index is 12.5. The molecule has 0 saturated carbocycles. The number of methoxy groups -OCH3 is 2. The number of hydrogen-bond donors (Lipinski definition) is 3. The van der Waals surface area contributed by atoms with Gasteiger partial charge in [-0.05, 0) is 42.7 Å². The number of hydrogen-bond acceptors (Lipinski definition) is 6. The Morgan fingerprint density at radius 1 is 1.03 bits per heavy atom. The number of ether oxygens (including phenoxy) is 2. The number of aromatic amines is 1. The van der Waals surface area contributed by atoms with E-state index in [-0.39, 0.29) is 11.1 Å². The monoisotopic (exact) mass is 415 g/mol. The molecular weight excluding hydrogens is 394 g/mol. The molecule has 9 heteroatoms. The average Bonchev–Trinajstić information content (AvgIpc) is 3.18. The molecule has 2 heterocycles. The standard InChI is InChI=1S/C20H22ClN5O3/c1-22-18-9-13(8-17(21)23-18)20(27)24-19-10-14(25-26-19)5-4-12-6-15(28-2)11-16(7-12)29-3/h6-11H,4-5H2,1-3H3,(H,22,23)(H2,24,25,26,27). The van der Waals surface area contributed by atoms with Gasteiger partial charge < -0.3 is 20.1 Å². The number of nitrogens with one attached hydrogen (secondary N) is 3. The zero-order chi connectivity index (χ0) is 20.8. The number of carbonyl (C=O) groups excluding carboxylic acids is 1. The topological polar surface area (TPSA) is 101 Å². The lowest BCUT2D eigenvalue weighted by Crippen LogP contribution is -2.13. The first-order valence-electron chi connectivity index (χ1n) is 8.93. The lowest BCUT2D eigenvalue weighted by atomic mass is 10.1. The summed E-state index contributed by atoms with van der Waals surface area (Å²) >= 11 is 5.95. The third-order valence-electron chi connectivity index (χ3n) is 4.28. The van der Waals surface area contributed by atoms with Crippen molar-refractivity contribution in [3.8, 4) is 11.5 Å². The van der Waals surface area contributed by atoms with Crippen LogP contribution in [0.15, 0.2) is 36.4 Å². The SMILES string of the molecule is CNc1cc(C(=O)Nc2cc(CCc3cc(OC)cc(OC)c3)[nH]n2)cc(Cl)n1. The van der Waals surface area contributed by atoms with E-state index in [1.54, 1.807) is 33.4 Å². The van der Waals surface area contributed by atoms with Crippen LogP contribution in [0.25, 0.3) is 0 Å². The fraction of sp³-hybridized carbons (Fsp3) is 0.250. The second-order valence-corrected chi connectivity index (χ2v) is 6.65. The van der Waals surface area contributed by atoms with Gasteiger partial charge in [0.15, 0.2) is 5.82 Å². The molecule has 0 atom stereocenters. The van der Waals surface area contributed by atoms with E-state index in [0.29, 0.717) is 23.6 Å². The minimum absolute atomic E-state index is 0.235. The molecule has 3 N–H and O–H groups in total. The summed E-state index contributed by atoms with van der Waals surface area (Å²) in [6.45, 7) is 0. The molecule has 0 saturated heterocycles. The van der Waals surface area contributed by atoms with Gasteiger partial charge in [0, 0.05) is 30.4 Å². The summed E-state index contributed by atoms with van der Waals surface area (Å²) in [5, 5.41) is 13.0. The Morgan fingerprint density at radius 3 is 2.41 bits per heavy atom. The van der Waals surface area contributed by atoms with Gasteiger partial charge in [0.25, 0.3) is 5.91 Å². The van der Waals surface area contributed by atoms with E-state index in [1.807, 2.05) is 18.2 Å². The molecule has 0 spiro atoms. The van der Waals surface area contributed by atoms with Gasteiger partial charge in [-0.2, -0.15) is 5.10 Å². The fourth-order valence-corrected chi connectivity index (χ4v) is 3.00. The second-order valence-electron chi connectivity index (χ2n) is 6.27. The molecule has 0 bridgehead atoms. The van der Waals surface area contributed by atoms with Crippen LogP contribution in [-0.2, 0) is 12.8 Å². The van der Waals surface area contributed by atoms with Gasteiger partial charge in [-0.3, -0.25) is 9.89 Å². The Hall–Kier alpha value is -3.26. The molecule has 0 aliphatic carbocycles. The van der Waals surface area contributed by atoms with Crippen LogP contribution in [0.5, 0.6) is 11.5 Å². The molecule has 1 amide bonds. The predicted molar refractivity (Wildman–Crippen MR) is 112 cm³/mol. The highest BCUT2D eigenvalue weighted by Gasteiger charge is 2.12. The lowest BCUT2D eigenvalue weighted by molar-refractivity contribution is 0.102. The van der Waals surface area contributed by atoms with Crippen molar-refractivity contribution in [3.05, 3.63) is 58.4 Å². The van der Waals surface area contributed by atoms with Crippen molar-refractivity contribution in [1.82, 2.24) is 15.2 Å². The van der Waals surface area contributed by atoms with Crippen molar-refractivity contribution in [3.63, 3.8) is 0 Å². The summed E-state index contributed by atoms with van der Waals surface area (Å²) < 4.78 is 10.6. The highest BCUT2D eigenvalue weighted by atomic mass is 35.5. The lowest BCUT2D eigenvalue weighted by Gasteiger charge is -2.08. The minimum Gasteiger partial charge on any atom is -0.497 e. The molecule has 2 aromatic heterocycles. The van der Waals surface area contributed by atoms with Gasteiger partial charge in [0.2, 0.25) is 0 Å². The zero-order valence-electron chi connectivity index (χ0n) is 16.4. The predicted octanol–water partition coefficient (Wildman–Crippen LogP) is 3.55. The van der Waals surface area contributed by atoms with Gasteiger partial charge in [0.1, 0.15) is 22.5 Å². The number of anilines is 2. The van der Waals surface area contributed by atoms with Crippen LogP contribution in [0.3, 0.4) is 0 Å². The normalized spacial score (nSPS) is 10.5. The molecule has 152 valence electrons. The number of benzene rings is 1. The van der Waals surface area contributed by atoms with Crippen LogP contribution in [0.1, 0.15) is 21.6 Å². The quantitative estimate of drug-likeness (QED) is 0.486. The summed E-state index contributed by atoms with van der Waals surface area (Å²) in [5.41, 5.74) is 2.36. The molecule has 0 radical (unpaired) electrons. The Balaban J connectivity index is 1.64. The molecule has 8 nitrogen and oxygen atoms in total. The van der Waals surface area contributed by atoms with Gasteiger partial charge in [-0.1, -0.05) is 11.6 Å². The maximum Gasteiger partial charge on any atom is 0.257 e. The van der Waals surface area contributed by atoms with Crippen molar-refractivity contribution in [2.75, 3.05) is 31.9 Å². The zero-order valence-corrected chi connectivity index (χ0v) is 17.1. The first-order valence-corrected chi connectivity index (χ1v) is 9.31. The van der Waals surface area contributed by atoms with Crippen LogP contribution < -0.4 is 20.1 Å². The summed E-state index contributed by atoms with van der Waals surface area (Å²) in [6.07, 6.45) is 1.47. The molecule has 0 fully saturated rings. The first-order chi connectivity index (χ1) is 14.0. The highest BCUT2D eigenvalue weighted by Crippen LogP contribution is 2.23. The Bertz CT molecular complexity index is 983. The van der Waals surface area contributed by atoms with E-state index in [4.69, 9.17) is 21.1 Å². The largest absolute Gasteiger partial charge is 0.497 e. The molecule has 1 aromatic carbocycles. The van der Waals surface area contributed by atoms with Crippen molar-refractivity contribution in [2.45, 2.75) is 12.8 Å². The number of halogens is 1. The van der Waals surface area contributed by atoms with Gasteiger partial charge in [0.05, 0.1) is 14.2 Å². The van der Waals surface area contributed by atoms with E-state index >= 15 is 0 Å². The van der Waals surface area contributed by atoms with Crippen molar-refractivity contribution in [2.24, 2.45) is 0 Å². The maximum atomic E-state index is 12.5. The number of nitrogens with zero attached hydrogens (tertiary/aromatic N) is 2. The number of aromatic nitrogens is 3. The van der Waals surface area contributed by atoms with E-state index in [9.17, 15) is 4.79 Å². The third kappa shape index (κ3) is 5.39. The minimum atomic E-state index is -0.318. The van der Waals surface area contributed by atoms with E-state index in [1.165, 1.54) is 6.07 Å². The van der Waals surface area contributed by atoms with Crippen LogP contribution in [0, 0.1) is 0 Å². The van der Waals surface area contributed by atoms with E-state index in [0.717, 1.165) is 29.2 Å². The molecule has 29 heavy (non-hydrogen) atoms. The average molecular weight is 416 g/mol. The molecule has 0 aliphatic rings. The number of rotatable bonds is 8. The van der Waals surface area contributed by atoms with E-state index < -0.39 is 0 Å². The smallest absolute Gasteiger partial charge is 0.257 e. The third-order valence-corrected chi connectivity index (χ3v) is 4.47. The second kappa shape index (κ2) is 9.29. The Labute approximate surface area is 173 Å². The highest BCUT2D eigenvalue weighted by molar-refractivity contribution is 6.30. The summed E-state index contributed by atoms with van der Waals surface area (Å²) in [5.74, 6) is 2.12.